The Labute approximate surface area is 265 Å². The zero-order chi connectivity index (χ0) is 31.2. The minimum Gasteiger partial charge on any atom is -0.493 e. The van der Waals surface area contributed by atoms with Gasteiger partial charge in [0.15, 0.2) is 12.4 Å². The molecule has 3 unspecified atom stereocenters. The number of benzene rings is 3. The van der Waals surface area contributed by atoms with Crippen LogP contribution in [0.4, 0.5) is 11.4 Å². The first-order chi connectivity index (χ1) is 22.0. The predicted molar refractivity (Wildman–Crippen MR) is 178 cm³/mol. The minimum absolute atomic E-state index is 0.0527. The fourth-order valence-corrected chi connectivity index (χ4v) is 6.29. The molecule has 0 radical (unpaired) electrons. The van der Waals surface area contributed by atoms with Gasteiger partial charge < -0.3 is 29.5 Å². The van der Waals surface area contributed by atoms with E-state index in [0.29, 0.717) is 12.5 Å². The highest BCUT2D eigenvalue weighted by Gasteiger charge is 2.36. The number of rotatable bonds is 9. The third kappa shape index (κ3) is 7.32. The van der Waals surface area contributed by atoms with Crippen molar-refractivity contribution in [3.8, 4) is 16.9 Å². The van der Waals surface area contributed by atoms with Gasteiger partial charge in [-0.05, 0) is 96.9 Å². The fourth-order valence-electron chi connectivity index (χ4n) is 6.29. The predicted octanol–water partition coefficient (Wildman–Crippen LogP) is 7.21. The number of carbonyl (C=O) groups is 1. The van der Waals surface area contributed by atoms with Gasteiger partial charge in [-0.25, -0.2) is 0 Å². The summed E-state index contributed by atoms with van der Waals surface area (Å²) in [5.74, 6) is 1.80. The van der Waals surface area contributed by atoms with Crippen LogP contribution in [0.2, 0.25) is 0 Å². The van der Waals surface area contributed by atoms with E-state index in [2.05, 4.69) is 46.6 Å². The second-order valence-electron chi connectivity index (χ2n) is 12.1. The average Bonchev–Trinajstić information content (AvgIpc) is 3.40. The van der Waals surface area contributed by atoms with Crippen LogP contribution in [0.15, 0.2) is 108 Å². The molecule has 6 rings (SSSR count). The average molecular weight is 607 g/mol. The standard InChI is InChI=1S/C38H42N2O5/c1-26-34-24-29(28-9-5-3-6-10-28)13-18-35(34)45-36(26)37(41)39-31-14-16-32(17-15-31)40-21-19-27(20-22-40)25-44-33-12-8-4-7-11-30(23-33)38(42)43-2/h3-6,8-10,12-18,23-24,26-27,36,38,42H,7,11,19-22,25H2,1-2H3,(H,39,41). The summed E-state index contributed by atoms with van der Waals surface area (Å²) in [6.45, 7) is 4.58. The van der Waals surface area contributed by atoms with Crippen LogP contribution in [-0.4, -0.2) is 50.2 Å². The van der Waals surface area contributed by atoms with Crippen molar-refractivity contribution in [1.29, 1.82) is 0 Å². The Kier molecular flexibility index (Phi) is 9.67. The Balaban J connectivity index is 0.991. The highest BCUT2D eigenvalue weighted by Crippen LogP contribution is 2.41. The van der Waals surface area contributed by atoms with E-state index in [9.17, 15) is 9.90 Å². The van der Waals surface area contributed by atoms with E-state index in [1.807, 2.05) is 67.6 Å². The number of nitrogens with one attached hydrogen (secondary N) is 1. The number of allylic oxidation sites excluding steroid dienone is 4. The molecule has 3 aliphatic rings. The van der Waals surface area contributed by atoms with E-state index < -0.39 is 12.4 Å². The van der Waals surface area contributed by atoms with Gasteiger partial charge in [-0.3, -0.25) is 4.79 Å². The molecule has 7 nitrogen and oxygen atoms in total. The first-order valence-electron chi connectivity index (χ1n) is 15.9. The van der Waals surface area contributed by atoms with Gasteiger partial charge in [0.25, 0.3) is 5.91 Å². The molecule has 0 saturated carbocycles. The summed E-state index contributed by atoms with van der Waals surface area (Å²) >= 11 is 0. The molecular weight excluding hydrogens is 564 g/mol. The van der Waals surface area contributed by atoms with Crippen LogP contribution in [0.25, 0.3) is 11.1 Å². The van der Waals surface area contributed by atoms with Crippen molar-refractivity contribution in [2.75, 3.05) is 37.0 Å². The maximum atomic E-state index is 13.3. The Morgan fingerprint density at radius 3 is 2.58 bits per heavy atom. The molecule has 0 spiro atoms. The molecule has 3 atom stereocenters. The number of amides is 1. The zero-order valence-corrected chi connectivity index (χ0v) is 26.0. The number of nitrogens with zero attached hydrogens (tertiary/aromatic N) is 1. The molecule has 1 saturated heterocycles. The number of fused-ring (bicyclic) bond motifs is 1. The second-order valence-corrected chi connectivity index (χ2v) is 12.1. The molecule has 3 aromatic rings. The lowest BCUT2D eigenvalue weighted by molar-refractivity contribution is -0.122. The number of methoxy groups -OCH3 is 1. The van der Waals surface area contributed by atoms with Crippen molar-refractivity contribution in [2.45, 2.75) is 50.9 Å². The fraction of sp³-hybridized carbons (Fsp3) is 0.342. The van der Waals surface area contributed by atoms with Gasteiger partial charge in [0.1, 0.15) is 11.5 Å². The summed E-state index contributed by atoms with van der Waals surface area (Å²) in [6.07, 6.45) is 10.1. The van der Waals surface area contributed by atoms with E-state index in [-0.39, 0.29) is 11.8 Å². The number of hydrogen-bond acceptors (Lipinski definition) is 6. The summed E-state index contributed by atoms with van der Waals surface area (Å²) < 4.78 is 17.4. The van der Waals surface area contributed by atoms with Crippen LogP contribution in [0.1, 0.15) is 44.1 Å². The summed E-state index contributed by atoms with van der Waals surface area (Å²) in [5.41, 5.74) is 6.07. The monoisotopic (exact) mass is 606 g/mol. The largest absolute Gasteiger partial charge is 0.493 e. The summed E-state index contributed by atoms with van der Waals surface area (Å²) in [5, 5.41) is 13.2. The van der Waals surface area contributed by atoms with Gasteiger partial charge in [-0.15, -0.1) is 0 Å². The van der Waals surface area contributed by atoms with Gasteiger partial charge >= 0.3 is 0 Å². The van der Waals surface area contributed by atoms with Gasteiger partial charge in [0.2, 0.25) is 0 Å². The first kappa shape index (κ1) is 30.7. The Hall–Kier alpha value is -4.33. The van der Waals surface area contributed by atoms with Gasteiger partial charge in [-0.2, -0.15) is 0 Å². The maximum Gasteiger partial charge on any atom is 0.266 e. The summed E-state index contributed by atoms with van der Waals surface area (Å²) in [7, 11) is 1.51. The molecule has 45 heavy (non-hydrogen) atoms. The first-order valence-corrected chi connectivity index (χ1v) is 15.9. The van der Waals surface area contributed by atoms with Crippen LogP contribution < -0.4 is 15.0 Å². The van der Waals surface area contributed by atoms with E-state index in [1.54, 1.807) is 0 Å². The number of hydrogen-bond donors (Lipinski definition) is 2. The lowest BCUT2D eigenvalue weighted by atomic mass is 9.93. The number of carbonyl (C=O) groups excluding carboxylic acids is 1. The number of aliphatic hydroxyl groups excluding tert-OH is 1. The molecule has 234 valence electrons. The maximum absolute atomic E-state index is 13.3. The quantitative estimate of drug-likeness (QED) is 0.251. The van der Waals surface area contributed by atoms with Crippen LogP contribution in [0.3, 0.4) is 0 Å². The number of anilines is 2. The Morgan fingerprint density at radius 1 is 1.04 bits per heavy atom. The van der Waals surface area contributed by atoms with Gasteiger partial charge in [0, 0.05) is 43.1 Å². The molecule has 7 heteroatoms. The topological polar surface area (TPSA) is 80.3 Å². The third-order valence-corrected chi connectivity index (χ3v) is 9.04. The van der Waals surface area contributed by atoms with Crippen molar-refractivity contribution in [1.82, 2.24) is 0 Å². The van der Waals surface area contributed by atoms with Crippen LogP contribution in [0.5, 0.6) is 5.75 Å². The van der Waals surface area contributed by atoms with Crippen molar-refractivity contribution in [3.05, 3.63) is 114 Å². The number of piperidine rings is 1. The Bertz CT molecular complexity index is 1550. The lowest BCUT2D eigenvalue weighted by Gasteiger charge is -2.33. The summed E-state index contributed by atoms with van der Waals surface area (Å²) in [6, 6.07) is 24.5. The van der Waals surface area contributed by atoms with E-state index in [0.717, 1.165) is 83.9 Å². The molecular formula is C38H42N2O5. The van der Waals surface area contributed by atoms with Gasteiger partial charge in [0.05, 0.1) is 6.61 Å². The van der Waals surface area contributed by atoms with Crippen molar-refractivity contribution in [3.63, 3.8) is 0 Å². The molecule has 2 heterocycles. The third-order valence-electron chi connectivity index (χ3n) is 9.04. The van der Waals surface area contributed by atoms with E-state index in [1.165, 1.54) is 7.11 Å². The lowest BCUT2D eigenvalue weighted by Crippen LogP contribution is -2.35. The molecule has 2 aliphatic heterocycles. The van der Waals surface area contributed by atoms with Crippen molar-refractivity contribution >= 4 is 17.3 Å². The normalized spacial score (nSPS) is 20.6. The summed E-state index contributed by atoms with van der Waals surface area (Å²) in [4.78, 5) is 15.6. The smallest absolute Gasteiger partial charge is 0.266 e. The number of ether oxygens (including phenoxy) is 3. The highest BCUT2D eigenvalue weighted by molar-refractivity contribution is 5.96. The molecule has 3 aromatic carbocycles. The van der Waals surface area contributed by atoms with Crippen LogP contribution in [0, 0.1) is 5.92 Å². The minimum atomic E-state index is -0.906. The molecule has 1 amide bonds. The van der Waals surface area contributed by atoms with Crippen molar-refractivity contribution in [2.24, 2.45) is 5.92 Å². The molecule has 2 N–H and O–H groups in total. The van der Waals surface area contributed by atoms with Crippen LogP contribution in [-0.2, 0) is 14.3 Å². The van der Waals surface area contributed by atoms with E-state index in [4.69, 9.17) is 14.2 Å². The van der Waals surface area contributed by atoms with Crippen molar-refractivity contribution < 1.29 is 24.1 Å². The molecule has 1 aliphatic carbocycles. The molecule has 0 bridgehead atoms. The van der Waals surface area contributed by atoms with E-state index >= 15 is 0 Å². The van der Waals surface area contributed by atoms with Crippen LogP contribution >= 0.6 is 0 Å². The highest BCUT2D eigenvalue weighted by atomic mass is 16.6. The second kappa shape index (κ2) is 14.2. The SMILES string of the molecule is COC(O)C1=CC(OCC2CCN(c3ccc(NC(=O)C4Oc5ccc(-c6ccccc6)cc5C4C)cc3)CC2)=CC=CCC1. The molecule has 0 aromatic heterocycles. The zero-order valence-electron chi connectivity index (χ0n) is 26.0. The molecule has 1 fully saturated rings. The van der Waals surface area contributed by atoms with Gasteiger partial charge in [-0.1, -0.05) is 55.5 Å². The number of aliphatic hydroxyl groups is 1. The Morgan fingerprint density at radius 2 is 1.82 bits per heavy atom.